The molecule has 1 aliphatic heterocycles. The molecule has 1 fully saturated rings. The molecule has 0 aromatic heterocycles. The summed E-state index contributed by atoms with van der Waals surface area (Å²) in [6.45, 7) is 8.42. The van der Waals surface area contributed by atoms with E-state index < -0.39 is 0 Å². The van der Waals surface area contributed by atoms with Crippen molar-refractivity contribution in [3.05, 3.63) is 0 Å². The summed E-state index contributed by atoms with van der Waals surface area (Å²) in [5, 5.41) is 3.74. The second-order valence-electron chi connectivity index (χ2n) is 5.17. The highest BCUT2D eigenvalue weighted by Gasteiger charge is 2.30. The second-order valence-corrected chi connectivity index (χ2v) is 5.91. The van der Waals surface area contributed by atoms with Crippen LogP contribution in [0.1, 0.15) is 46.5 Å². The fourth-order valence-corrected chi connectivity index (χ4v) is 2.15. The Labute approximate surface area is 98.7 Å². The molecule has 1 heterocycles. The van der Waals surface area contributed by atoms with E-state index >= 15 is 0 Å². The molecule has 0 aromatic carbocycles. The van der Waals surface area contributed by atoms with Crippen LogP contribution in [0.5, 0.6) is 0 Å². The summed E-state index contributed by atoms with van der Waals surface area (Å²) in [6, 6.07) is 0. The molecule has 1 aliphatic rings. The highest BCUT2D eigenvalue weighted by molar-refractivity contribution is 6.20. The SMILES string of the molecule is CC(Cl)CCCNCC1CCC(C)(C)O1. The summed E-state index contributed by atoms with van der Waals surface area (Å²) in [4.78, 5) is 0. The number of halogens is 1. The minimum Gasteiger partial charge on any atom is -0.371 e. The maximum Gasteiger partial charge on any atom is 0.0707 e. The average Bonchev–Trinajstić information content (AvgIpc) is 2.44. The third-order valence-corrected chi connectivity index (χ3v) is 3.10. The van der Waals surface area contributed by atoms with Crippen molar-refractivity contribution in [2.75, 3.05) is 13.1 Å². The highest BCUT2D eigenvalue weighted by Crippen LogP contribution is 2.28. The van der Waals surface area contributed by atoms with Gasteiger partial charge in [-0.1, -0.05) is 0 Å². The average molecular weight is 234 g/mol. The van der Waals surface area contributed by atoms with Crippen LogP contribution in [0, 0.1) is 0 Å². The second kappa shape index (κ2) is 6.07. The number of nitrogens with one attached hydrogen (secondary N) is 1. The van der Waals surface area contributed by atoms with Gasteiger partial charge in [0.05, 0.1) is 11.7 Å². The van der Waals surface area contributed by atoms with E-state index in [0.717, 1.165) is 25.9 Å². The molecule has 0 saturated carbocycles. The van der Waals surface area contributed by atoms with Crippen molar-refractivity contribution in [3.8, 4) is 0 Å². The van der Waals surface area contributed by atoms with Crippen LogP contribution in [0.4, 0.5) is 0 Å². The largest absolute Gasteiger partial charge is 0.371 e. The molecule has 1 saturated heterocycles. The first-order chi connectivity index (χ1) is 6.99. The van der Waals surface area contributed by atoms with Crippen molar-refractivity contribution < 1.29 is 4.74 Å². The predicted molar refractivity (Wildman–Crippen MR) is 65.6 cm³/mol. The maximum atomic E-state index is 5.89. The third-order valence-electron chi connectivity index (χ3n) is 2.88. The van der Waals surface area contributed by atoms with E-state index in [1.807, 2.05) is 6.92 Å². The quantitative estimate of drug-likeness (QED) is 0.563. The van der Waals surface area contributed by atoms with Crippen molar-refractivity contribution in [1.82, 2.24) is 5.32 Å². The first kappa shape index (κ1) is 13.3. The van der Waals surface area contributed by atoms with Gasteiger partial charge in [0.25, 0.3) is 0 Å². The van der Waals surface area contributed by atoms with E-state index in [0.29, 0.717) is 11.5 Å². The van der Waals surface area contributed by atoms with Crippen molar-refractivity contribution >= 4 is 11.6 Å². The molecule has 2 nitrogen and oxygen atoms in total. The van der Waals surface area contributed by atoms with Crippen molar-refractivity contribution in [2.24, 2.45) is 0 Å². The lowest BCUT2D eigenvalue weighted by Crippen LogP contribution is -2.30. The monoisotopic (exact) mass is 233 g/mol. The van der Waals surface area contributed by atoms with Gasteiger partial charge in [-0.3, -0.25) is 0 Å². The van der Waals surface area contributed by atoms with Gasteiger partial charge in [0.2, 0.25) is 0 Å². The molecule has 1 rings (SSSR count). The Morgan fingerprint density at radius 3 is 2.80 bits per heavy atom. The molecule has 0 spiro atoms. The molecule has 2 atom stereocenters. The van der Waals surface area contributed by atoms with Gasteiger partial charge in [-0.15, -0.1) is 11.6 Å². The summed E-state index contributed by atoms with van der Waals surface area (Å²) < 4.78 is 5.89. The molecular formula is C12H24ClNO. The molecule has 0 aliphatic carbocycles. The van der Waals surface area contributed by atoms with E-state index in [9.17, 15) is 0 Å². The molecule has 2 unspecified atom stereocenters. The van der Waals surface area contributed by atoms with Gasteiger partial charge in [0.15, 0.2) is 0 Å². The van der Waals surface area contributed by atoms with Crippen LogP contribution in [0.25, 0.3) is 0 Å². The minimum atomic E-state index is 0.0942. The van der Waals surface area contributed by atoms with Crippen LogP contribution in [0.3, 0.4) is 0 Å². The molecule has 15 heavy (non-hydrogen) atoms. The van der Waals surface area contributed by atoms with Crippen LogP contribution in [-0.4, -0.2) is 30.2 Å². The summed E-state index contributed by atoms with van der Waals surface area (Å²) >= 11 is 5.87. The molecule has 1 N–H and O–H groups in total. The van der Waals surface area contributed by atoms with E-state index in [4.69, 9.17) is 16.3 Å². The molecule has 0 amide bonds. The molecule has 3 heteroatoms. The molecule has 0 radical (unpaired) electrons. The summed E-state index contributed by atoms with van der Waals surface area (Å²) in [5.41, 5.74) is 0.0942. The fraction of sp³-hybridized carbons (Fsp3) is 1.00. The van der Waals surface area contributed by atoms with Gasteiger partial charge in [-0.25, -0.2) is 0 Å². The summed E-state index contributed by atoms with van der Waals surface area (Å²) in [5.74, 6) is 0. The minimum absolute atomic E-state index is 0.0942. The Kier molecular flexibility index (Phi) is 5.37. The van der Waals surface area contributed by atoms with Crippen molar-refractivity contribution in [1.29, 1.82) is 0 Å². The molecule has 0 bridgehead atoms. The van der Waals surface area contributed by atoms with E-state index in [-0.39, 0.29) is 5.60 Å². The number of ether oxygens (including phenoxy) is 1. The number of rotatable bonds is 6. The van der Waals surface area contributed by atoms with Crippen LogP contribution in [-0.2, 0) is 4.74 Å². The van der Waals surface area contributed by atoms with Crippen molar-refractivity contribution in [2.45, 2.75) is 63.5 Å². The van der Waals surface area contributed by atoms with E-state index in [1.54, 1.807) is 0 Å². The van der Waals surface area contributed by atoms with Crippen LogP contribution in [0.2, 0.25) is 0 Å². The number of hydrogen-bond donors (Lipinski definition) is 1. The summed E-state index contributed by atoms with van der Waals surface area (Å²) in [7, 11) is 0. The van der Waals surface area contributed by atoms with Gasteiger partial charge in [-0.2, -0.15) is 0 Å². The van der Waals surface area contributed by atoms with Crippen LogP contribution < -0.4 is 5.32 Å². The predicted octanol–water partition coefficient (Wildman–Crippen LogP) is 2.94. The normalized spacial score (nSPS) is 26.8. The van der Waals surface area contributed by atoms with Gasteiger partial charge in [0.1, 0.15) is 0 Å². The molecule has 90 valence electrons. The summed E-state index contributed by atoms with van der Waals surface area (Å²) in [6.07, 6.45) is 5.02. The Morgan fingerprint density at radius 2 is 2.27 bits per heavy atom. The first-order valence-corrected chi connectivity index (χ1v) is 6.46. The first-order valence-electron chi connectivity index (χ1n) is 6.02. The molecule has 0 aromatic rings. The smallest absolute Gasteiger partial charge is 0.0707 e. The van der Waals surface area contributed by atoms with Gasteiger partial charge in [-0.05, 0) is 53.0 Å². The van der Waals surface area contributed by atoms with Gasteiger partial charge in [0, 0.05) is 11.9 Å². The lowest BCUT2D eigenvalue weighted by Gasteiger charge is -2.19. The topological polar surface area (TPSA) is 21.3 Å². The van der Waals surface area contributed by atoms with Gasteiger partial charge >= 0.3 is 0 Å². The zero-order valence-electron chi connectivity index (χ0n) is 10.2. The Morgan fingerprint density at radius 1 is 1.53 bits per heavy atom. The number of alkyl halides is 1. The van der Waals surface area contributed by atoms with Crippen LogP contribution >= 0.6 is 11.6 Å². The van der Waals surface area contributed by atoms with Crippen molar-refractivity contribution in [3.63, 3.8) is 0 Å². The van der Waals surface area contributed by atoms with E-state index in [1.165, 1.54) is 12.8 Å². The maximum absolute atomic E-state index is 5.89. The lowest BCUT2D eigenvalue weighted by molar-refractivity contribution is -0.0141. The Bertz CT molecular complexity index is 182. The highest BCUT2D eigenvalue weighted by atomic mass is 35.5. The van der Waals surface area contributed by atoms with E-state index in [2.05, 4.69) is 19.2 Å². The number of hydrogen-bond acceptors (Lipinski definition) is 2. The fourth-order valence-electron chi connectivity index (χ4n) is 1.99. The Hall–Kier alpha value is 0.210. The van der Waals surface area contributed by atoms with Gasteiger partial charge < -0.3 is 10.1 Å². The third kappa shape index (κ3) is 5.74. The van der Waals surface area contributed by atoms with Crippen LogP contribution in [0.15, 0.2) is 0 Å². The zero-order valence-corrected chi connectivity index (χ0v) is 10.9. The Balaban J connectivity index is 1.97. The molecular weight excluding hydrogens is 210 g/mol. The lowest BCUT2D eigenvalue weighted by atomic mass is 10.1. The standard InChI is InChI=1S/C12H24ClNO/c1-10(13)5-4-8-14-9-11-6-7-12(2,3)15-11/h10-11,14H,4-9H2,1-3H3. The zero-order chi connectivity index (χ0) is 11.3.